The van der Waals surface area contributed by atoms with Crippen LogP contribution in [0, 0.1) is 11.7 Å². The van der Waals surface area contributed by atoms with E-state index in [2.05, 4.69) is 20.5 Å². The highest BCUT2D eigenvalue weighted by Crippen LogP contribution is 2.27. The molecule has 2 fully saturated rings. The maximum absolute atomic E-state index is 14.6. The number of carbonyl (C=O) groups is 3. The Labute approximate surface area is 210 Å². The highest BCUT2D eigenvalue weighted by Gasteiger charge is 2.24. The highest BCUT2D eigenvalue weighted by atomic mass is 19.1. The predicted molar refractivity (Wildman–Crippen MR) is 137 cm³/mol. The molecule has 36 heavy (non-hydrogen) atoms. The van der Waals surface area contributed by atoms with Gasteiger partial charge in [-0.25, -0.2) is 14.2 Å². The molecule has 0 spiro atoms. The molecule has 1 saturated heterocycles. The van der Waals surface area contributed by atoms with Crippen molar-refractivity contribution >= 4 is 29.2 Å². The number of piperazine rings is 1. The summed E-state index contributed by atoms with van der Waals surface area (Å²) in [4.78, 5) is 45.0. The Kier molecular flexibility index (Phi) is 8.10. The van der Waals surface area contributed by atoms with Gasteiger partial charge < -0.3 is 15.5 Å². The third kappa shape index (κ3) is 6.97. The van der Waals surface area contributed by atoms with Gasteiger partial charge in [0.15, 0.2) is 0 Å². The molecule has 8 nitrogen and oxygen atoms in total. The predicted octanol–water partition coefficient (Wildman–Crippen LogP) is 3.94. The Bertz CT molecular complexity index is 1170. The highest BCUT2D eigenvalue weighted by molar-refractivity contribution is 6.02. The number of aliphatic imine (C=N–C) groups is 1. The van der Waals surface area contributed by atoms with Crippen LogP contribution in [0.1, 0.15) is 53.0 Å². The Morgan fingerprint density at radius 1 is 1.00 bits per heavy atom. The minimum Gasteiger partial charge on any atom is -0.338 e. The van der Waals surface area contributed by atoms with E-state index in [9.17, 15) is 18.8 Å². The zero-order chi connectivity index (χ0) is 25.7. The minimum atomic E-state index is -0.641. The number of amides is 4. The van der Waals surface area contributed by atoms with Crippen LogP contribution in [0.15, 0.2) is 47.5 Å². The van der Waals surface area contributed by atoms with Crippen molar-refractivity contribution in [3.63, 3.8) is 0 Å². The summed E-state index contributed by atoms with van der Waals surface area (Å²) in [5.41, 5.74) is 2.58. The summed E-state index contributed by atoms with van der Waals surface area (Å²) in [6.07, 6.45) is 2.23. The first-order valence-corrected chi connectivity index (χ1v) is 12.3. The number of nitrogens with zero attached hydrogens (tertiary/aromatic N) is 3. The fourth-order valence-electron chi connectivity index (χ4n) is 4.10. The van der Waals surface area contributed by atoms with Crippen molar-refractivity contribution in [2.75, 3.05) is 38.0 Å². The van der Waals surface area contributed by atoms with Gasteiger partial charge in [-0.1, -0.05) is 12.1 Å². The second-order valence-corrected chi connectivity index (χ2v) is 9.61. The van der Waals surface area contributed by atoms with Crippen LogP contribution >= 0.6 is 0 Å². The molecule has 2 aromatic rings. The lowest BCUT2D eigenvalue weighted by molar-refractivity contribution is 0.0627. The molecule has 1 aliphatic heterocycles. The number of urea groups is 1. The van der Waals surface area contributed by atoms with Crippen LogP contribution in [-0.4, -0.2) is 66.1 Å². The van der Waals surface area contributed by atoms with Crippen LogP contribution in [-0.2, 0) is 6.54 Å². The van der Waals surface area contributed by atoms with E-state index in [-0.39, 0.29) is 23.1 Å². The number of carbonyl (C=O) groups excluding carboxylic acids is 3. The second kappa shape index (κ2) is 11.4. The molecular formula is C27H32FN5O3. The maximum Gasteiger partial charge on any atom is 0.319 e. The number of anilines is 1. The molecule has 1 saturated carbocycles. The number of rotatable bonds is 7. The quantitative estimate of drug-likeness (QED) is 0.572. The zero-order valence-corrected chi connectivity index (χ0v) is 20.7. The van der Waals surface area contributed by atoms with Crippen molar-refractivity contribution in [2.45, 2.75) is 33.2 Å². The Morgan fingerprint density at radius 2 is 1.75 bits per heavy atom. The van der Waals surface area contributed by atoms with Gasteiger partial charge >= 0.3 is 6.03 Å². The Hall–Kier alpha value is -3.59. The first kappa shape index (κ1) is 25.5. The van der Waals surface area contributed by atoms with Gasteiger partial charge in [-0.2, -0.15) is 0 Å². The summed E-state index contributed by atoms with van der Waals surface area (Å²) >= 11 is 0. The van der Waals surface area contributed by atoms with Crippen LogP contribution in [0.25, 0.3) is 0 Å². The molecular weight excluding hydrogens is 461 g/mol. The summed E-state index contributed by atoms with van der Waals surface area (Å²) in [6.45, 7) is 7.19. The Morgan fingerprint density at radius 3 is 2.42 bits per heavy atom. The smallest absolute Gasteiger partial charge is 0.319 e. The van der Waals surface area contributed by atoms with E-state index >= 15 is 0 Å². The average Bonchev–Trinajstić information content (AvgIpc) is 3.68. The number of halogens is 1. The topological polar surface area (TPSA) is 94.1 Å². The van der Waals surface area contributed by atoms with Crippen molar-refractivity contribution < 1.29 is 18.8 Å². The first-order chi connectivity index (χ1) is 17.3. The van der Waals surface area contributed by atoms with E-state index in [1.165, 1.54) is 18.2 Å². The lowest BCUT2D eigenvalue weighted by Crippen LogP contribution is -2.48. The summed E-state index contributed by atoms with van der Waals surface area (Å²) in [5, 5.41) is 5.23. The molecule has 0 aromatic heterocycles. The second-order valence-electron chi connectivity index (χ2n) is 9.61. The molecule has 4 amide bonds. The molecule has 2 N–H and O–H groups in total. The monoisotopic (exact) mass is 493 g/mol. The van der Waals surface area contributed by atoms with E-state index in [1.54, 1.807) is 24.8 Å². The summed E-state index contributed by atoms with van der Waals surface area (Å²) < 4.78 is 14.6. The fourth-order valence-corrected chi connectivity index (χ4v) is 4.10. The van der Waals surface area contributed by atoms with Crippen molar-refractivity contribution in [2.24, 2.45) is 10.9 Å². The molecule has 190 valence electrons. The number of nitrogens with one attached hydrogen (secondary N) is 2. The van der Waals surface area contributed by atoms with Gasteiger partial charge in [0.1, 0.15) is 5.82 Å². The SMILES string of the molecule is CC(C)=NC(=O)c1cccc(CN2CCN(C(=O)c3ccc(NC(=O)NCC4CC4)c(F)c3)CC2)c1. The van der Waals surface area contributed by atoms with Gasteiger partial charge in [0.25, 0.3) is 11.8 Å². The lowest BCUT2D eigenvalue weighted by Gasteiger charge is -2.35. The maximum atomic E-state index is 14.6. The number of hydrogen-bond donors (Lipinski definition) is 2. The summed E-state index contributed by atoms with van der Waals surface area (Å²) in [7, 11) is 0. The van der Waals surface area contributed by atoms with E-state index in [4.69, 9.17) is 0 Å². The van der Waals surface area contributed by atoms with Crippen LogP contribution in [0.5, 0.6) is 0 Å². The number of benzene rings is 2. The standard InChI is InChI=1S/C27H32FN5O3/c1-18(2)30-25(34)21-5-3-4-20(14-21)17-32-10-12-33(13-11-32)26(35)22-8-9-24(23(28)15-22)31-27(36)29-16-19-6-7-19/h3-5,8-9,14-15,19H,6-7,10-13,16-17H2,1-2H3,(H2,29,31,36). The van der Waals surface area contributed by atoms with Crippen molar-refractivity contribution in [3.8, 4) is 0 Å². The van der Waals surface area contributed by atoms with Gasteiger partial charge in [-0.05, 0) is 68.5 Å². The minimum absolute atomic E-state index is 0.0465. The van der Waals surface area contributed by atoms with Crippen LogP contribution in [0.3, 0.4) is 0 Å². The molecule has 2 aromatic carbocycles. The van der Waals surface area contributed by atoms with Crippen molar-refractivity contribution in [1.82, 2.24) is 15.1 Å². The Balaban J connectivity index is 1.28. The summed E-state index contributed by atoms with van der Waals surface area (Å²) in [5.74, 6) is -0.600. The van der Waals surface area contributed by atoms with E-state index in [0.29, 0.717) is 56.5 Å². The van der Waals surface area contributed by atoms with Gasteiger partial charge in [-0.15, -0.1) is 0 Å². The van der Waals surface area contributed by atoms with Crippen LogP contribution < -0.4 is 10.6 Å². The fraction of sp³-hybridized carbons (Fsp3) is 0.407. The van der Waals surface area contributed by atoms with E-state index < -0.39 is 11.8 Å². The van der Waals surface area contributed by atoms with E-state index in [1.807, 2.05) is 18.2 Å². The van der Waals surface area contributed by atoms with Crippen molar-refractivity contribution in [1.29, 1.82) is 0 Å². The molecule has 0 bridgehead atoms. The zero-order valence-electron chi connectivity index (χ0n) is 20.7. The largest absolute Gasteiger partial charge is 0.338 e. The third-order valence-corrected chi connectivity index (χ3v) is 6.28. The molecule has 1 aliphatic carbocycles. The van der Waals surface area contributed by atoms with Gasteiger partial charge in [0.05, 0.1) is 5.69 Å². The van der Waals surface area contributed by atoms with Gasteiger partial charge in [0.2, 0.25) is 0 Å². The third-order valence-electron chi connectivity index (χ3n) is 6.28. The molecule has 0 radical (unpaired) electrons. The van der Waals surface area contributed by atoms with Crippen molar-refractivity contribution in [3.05, 3.63) is 65.0 Å². The molecule has 0 unspecified atom stereocenters. The lowest BCUT2D eigenvalue weighted by atomic mass is 10.1. The van der Waals surface area contributed by atoms with Gasteiger partial charge in [-0.3, -0.25) is 14.5 Å². The average molecular weight is 494 g/mol. The first-order valence-electron chi connectivity index (χ1n) is 12.3. The van der Waals surface area contributed by atoms with E-state index in [0.717, 1.165) is 18.4 Å². The summed E-state index contributed by atoms with van der Waals surface area (Å²) in [6, 6.07) is 11.1. The molecule has 2 aliphatic rings. The number of hydrogen-bond acceptors (Lipinski definition) is 4. The van der Waals surface area contributed by atoms with Crippen LogP contribution in [0.4, 0.5) is 14.9 Å². The molecule has 0 atom stereocenters. The van der Waals surface area contributed by atoms with Gasteiger partial charge in [0, 0.05) is 56.1 Å². The normalized spacial score (nSPS) is 15.8. The van der Waals surface area contributed by atoms with Crippen LogP contribution in [0.2, 0.25) is 0 Å². The molecule has 9 heteroatoms. The molecule has 1 heterocycles. The molecule has 4 rings (SSSR count).